The molecule has 1 amide bonds. The Morgan fingerprint density at radius 3 is 3.06 bits per heavy atom. The van der Waals surface area contributed by atoms with E-state index in [2.05, 4.69) is 10.6 Å². The lowest BCUT2D eigenvalue weighted by molar-refractivity contribution is -0.140. The van der Waals surface area contributed by atoms with Crippen molar-refractivity contribution in [3.05, 3.63) is 11.8 Å². The predicted octanol–water partition coefficient (Wildman–Crippen LogP) is 0.622. The third kappa shape index (κ3) is 2.60. The van der Waals surface area contributed by atoms with Crippen LogP contribution in [-0.2, 0) is 9.59 Å². The first-order chi connectivity index (χ1) is 8.22. The number of fused-ring (bicyclic) bond motifs is 1. The third-order valence-corrected chi connectivity index (χ3v) is 3.73. The molecule has 5 nitrogen and oxygen atoms in total. The molecular weight excluding hydrogens is 220 g/mol. The third-order valence-electron chi connectivity index (χ3n) is 3.73. The van der Waals surface area contributed by atoms with Crippen LogP contribution in [0.15, 0.2) is 11.8 Å². The van der Waals surface area contributed by atoms with Crippen molar-refractivity contribution in [3.63, 3.8) is 0 Å². The van der Waals surface area contributed by atoms with Crippen LogP contribution in [0.25, 0.3) is 0 Å². The lowest BCUT2D eigenvalue weighted by atomic mass is 9.80. The highest BCUT2D eigenvalue weighted by atomic mass is 16.4. The van der Waals surface area contributed by atoms with Gasteiger partial charge in [-0.25, -0.2) is 4.79 Å². The van der Waals surface area contributed by atoms with E-state index in [9.17, 15) is 9.59 Å². The Bertz CT molecular complexity index is 341. The standard InChI is InChI=1S/C12H18N2O3/c15-7-14-11(12(16)17)5-8-6-13-10-4-2-1-3-9(8)10/h6-7,9-11,13H,1-5H2,(H,14,15)(H,16,17). The Labute approximate surface area is 100 Å². The fourth-order valence-electron chi connectivity index (χ4n) is 2.84. The van der Waals surface area contributed by atoms with E-state index < -0.39 is 12.0 Å². The van der Waals surface area contributed by atoms with Gasteiger partial charge >= 0.3 is 5.97 Å². The minimum atomic E-state index is -0.975. The highest BCUT2D eigenvalue weighted by molar-refractivity contribution is 5.76. The van der Waals surface area contributed by atoms with Gasteiger partial charge < -0.3 is 15.7 Å². The molecule has 1 heterocycles. The summed E-state index contributed by atoms with van der Waals surface area (Å²) >= 11 is 0. The van der Waals surface area contributed by atoms with Gasteiger partial charge in [-0.1, -0.05) is 12.8 Å². The van der Waals surface area contributed by atoms with E-state index in [0.717, 1.165) is 18.4 Å². The molecule has 2 aliphatic rings. The van der Waals surface area contributed by atoms with Crippen LogP contribution < -0.4 is 10.6 Å². The molecule has 3 N–H and O–H groups in total. The summed E-state index contributed by atoms with van der Waals surface area (Å²) in [5.74, 6) is -0.517. The first-order valence-corrected chi connectivity index (χ1v) is 6.10. The molecule has 3 atom stereocenters. The Morgan fingerprint density at radius 1 is 1.59 bits per heavy atom. The van der Waals surface area contributed by atoms with Gasteiger partial charge in [0.25, 0.3) is 0 Å². The molecule has 0 aromatic heterocycles. The molecule has 94 valence electrons. The van der Waals surface area contributed by atoms with Gasteiger partial charge in [-0.15, -0.1) is 0 Å². The number of hydrogen-bond acceptors (Lipinski definition) is 3. The zero-order valence-electron chi connectivity index (χ0n) is 9.69. The SMILES string of the molecule is O=CNC(CC1=CNC2CCCCC12)C(=O)O. The molecule has 1 aliphatic heterocycles. The normalized spacial score (nSPS) is 28.6. The lowest BCUT2D eigenvalue weighted by Gasteiger charge is -2.28. The van der Waals surface area contributed by atoms with Gasteiger partial charge in [-0.05, 0) is 24.6 Å². The monoisotopic (exact) mass is 238 g/mol. The van der Waals surface area contributed by atoms with Crippen LogP contribution in [0.2, 0.25) is 0 Å². The Balaban J connectivity index is 1.98. The van der Waals surface area contributed by atoms with Gasteiger partial charge in [0, 0.05) is 18.4 Å². The van der Waals surface area contributed by atoms with Crippen LogP contribution in [0.4, 0.5) is 0 Å². The highest BCUT2D eigenvalue weighted by Gasteiger charge is 2.33. The zero-order chi connectivity index (χ0) is 12.3. The van der Waals surface area contributed by atoms with Crippen molar-refractivity contribution in [2.24, 2.45) is 5.92 Å². The number of nitrogens with one attached hydrogen (secondary N) is 2. The van der Waals surface area contributed by atoms with Gasteiger partial charge in [-0.2, -0.15) is 0 Å². The quantitative estimate of drug-likeness (QED) is 0.614. The number of carboxylic acid groups (broad SMARTS) is 1. The minimum Gasteiger partial charge on any atom is -0.480 e. The van der Waals surface area contributed by atoms with Crippen molar-refractivity contribution in [1.29, 1.82) is 0 Å². The van der Waals surface area contributed by atoms with Gasteiger partial charge in [0.15, 0.2) is 0 Å². The number of aliphatic carboxylic acids is 1. The Kier molecular flexibility index (Phi) is 3.66. The highest BCUT2D eigenvalue weighted by Crippen LogP contribution is 2.35. The topological polar surface area (TPSA) is 78.4 Å². The molecule has 0 radical (unpaired) electrons. The van der Waals surface area contributed by atoms with E-state index in [1.54, 1.807) is 0 Å². The second-order valence-electron chi connectivity index (χ2n) is 4.76. The molecule has 1 fully saturated rings. The van der Waals surface area contributed by atoms with Crippen molar-refractivity contribution >= 4 is 12.4 Å². The zero-order valence-corrected chi connectivity index (χ0v) is 9.69. The molecule has 0 saturated heterocycles. The molecule has 17 heavy (non-hydrogen) atoms. The van der Waals surface area contributed by atoms with Gasteiger partial charge in [0.1, 0.15) is 6.04 Å². The van der Waals surface area contributed by atoms with E-state index >= 15 is 0 Å². The molecular formula is C12H18N2O3. The summed E-state index contributed by atoms with van der Waals surface area (Å²) in [6.07, 6.45) is 7.54. The van der Waals surface area contributed by atoms with Crippen molar-refractivity contribution in [2.75, 3.05) is 0 Å². The molecule has 0 aromatic rings. The van der Waals surface area contributed by atoms with Crippen LogP contribution in [0.3, 0.4) is 0 Å². The Hall–Kier alpha value is -1.52. The van der Waals surface area contributed by atoms with Crippen LogP contribution in [-0.4, -0.2) is 29.6 Å². The largest absolute Gasteiger partial charge is 0.480 e. The van der Waals surface area contributed by atoms with Crippen molar-refractivity contribution in [2.45, 2.75) is 44.2 Å². The van der Waals surface area contributed by atoms with E-state index in [0.29, 0.717) is 24.8 Å². The number of amides is 1. The van der Waals surface area contributed by atoms with E-state index in [1.165, 1.54) is 12.8 Å². The molecule has 1 aliphatic carbocycles. The summed E-state index contributed by atoms with van der Waals surface area (Å²) in [6.45, 7) is 0. The Morgan fingerprint density at radius 2 is 2.35 bits per heavy atom. The van der Waals surface area contributed by atoms with Crippen LogP contribution in [0.5, 0.6) is 0 Å². The summed E-state index contributed by atoms with van der Waals surface area (Å²) in [5, 5.41) is 14.7. The lowest BCUT2D eigenvalue weighted by Crippen LogP contribution is -2.37. The summed E-state index contributed by atoms with van der Waals surface area (Å²) in [4.78, 5) is 21.3. The first kappa shape index (κ1) is 12.0. The maximum absolute atomic E-state index is 11.0. The molecule has 1 saturated carbocycles. The van der Waals surface area contributed by atoms with Crippen LogP contribution >= 0.6 is 0 Å². The molecule has 0 spiro atoms. The van der Waals surface area contributed by atoms with E-state index in [1.807, 2.05) is 6.20 Å². The maximum Gasteiger partial charge on any atom is 0.326 e. The van der Waals surface area contributed by atoms with E-state index in [4.69, 9.17) is 5.11 Å². The fourth-order valence-corrected chi connectivity index (χ4v) is 2.84. The summed E-state index contributed by atoms with van der Waals surface area (Å²) in [5.41, 5.74) is 1.14. The summed E-state index contributed by atoms with van der Waals surface area (Å²) < 4.78 is 0. The molecule has 3 unspecified atom stereocenters. The number of carboxylic acids is 1. The second kappa shape index (κ2) is 5.21. The van der Waals surface area contributed by atoms with Gasteiger partial charge in [0.2, 0.25) is 6.41 Å². The average Bonchev–Trinajstić information content (AvgIpc) is 2.72. The predicted molar refractivity (Wildman–Crippen MR) is 62.2 cm³/mol. The molecule has 2 rings (SSSR count). The summed E-state index contributed by atoms with van der Waals surface area (Å²) in [6, 6.07) is -0.328. The minimum absolute atomic E-state index is 0.405. The second-order valence-corrected chi connectivity index (χ2v) is 4.76. The van der Waals surface area contributed by atoms with Crippen LogP contribution in [0.1, 0.15) is 32.1 Å². The molecule has 0 bridgehead atoms. The smallest absolute Gasteiger partial charge is 0.326 e. The van der Waals surface area contributed by atoms with Gasteiger partial charge in [-0.3, -0.25) is 4.79 Å². The van der Waals surface area contributed by atoms with Gasteiger partial charge in [0.05, 0.1) is 0 Å². The average molecular weight is 238 g/mol. The first-order valence-electron chi connectivity index (χ1n) is 6.10. The van der Waals surface area contributed by atoms with Crippen molar-refractivity contribution in [3.8, 4) is 0 Å². The maximum atomic E-state index is 11.0. The molecule has 5 heteroatoms. The van der Waals surface area contributed by atoms with Crippen molar-refractivity contribution < 1.29 is 14.7 Å². The van der Waals surface area contributed by atoms with Crippen molar-refractivity contribution in [1.82, 2.24) is 10.6 Å². The number of rotatable bonds is 5. The van der Waals surface area contributed by atoms with E-state index in [-0.39, 0.29) is 0 Å². The number of carbonyl (C=O) groups is 2. The molecule has 0 aromatic carbocycles. The number of hydrogen-bond donors (Lipinski definition) is 3. The fraction of sp³-hybridized carbons (Fsp3) is 0.667. The van der Waals surface area contributed by atoms with Crippen LogP contribution in [0, 0.1) is 5.92 Å². The number of carbonyl (C=O) groups excluding carboxylic acids is 1. The summed E-state index contributed by atoms with van der Waals surface area (Å²) in [7, 11) is 0.